The molecule has 1 aromatic carbocycles. The molecule has 0 radical (unpaired) electrons. The number of benzene rings is 1. The van der Waals surface area contributed by atoms with Crippen LogP contribution in [0.4, 0.5) is 11.4 Å². The monoisotopic (exact) mass is 226 g/mol. The molecule has 4 nitrogen and oxygen atoms in total. The zero-order valence-electron chi connectivity index (χ0n) is 8.05. The molecule has 0 fully saturated rings. The molecular weight excluding hydrogens is 216 g/mol. The van der Waals surface area contributed by atoms with Crippen LogP contribution in [0.25, 0.3) is 0 Å². The summed E-state index contributed by atoms with van der Waals surface area (Å²) in [5, 5.41) is 5.87. The zero-order valence-corrected chi connectivity index (χ0v) is 8.80. The summed E-state index contributed by atoms with van der Waals surface area (Å²) in [5.74, 6) is 0.387. The van der Waals surface area contributed by atoms with Crippen molar-refractivity contribution in [3.8, 4) is 5.75 Å². The van der Waals surface area contributed by atoms with E-state index in [-0.39, 0.29) is 11.8 Å². The van der Waals surface area contributed by atoms with Crippen LogP contribution < -0.4 is 15.4 Å². The van der Waals surface area contributed by atoms with Gasteiger partial charge in [-0.15, -0.1) is 11.6 Å². The van der Waals surface area contributed by atoms with Gasteiger partial charge in [0.25, 0.3) is 0 Å². The Kier molecular flexibility index (Phi) is 2.97. The summed E-state index contributed by atoms with van der Waals surface area (Å²) in [6.45, 7) is 1.38. The quantitative estimate of drug-likeness (QED) is 0.755. The van der Waals surface area contributed by atoms with E-state index in [4.69, 9.17) is 16.3 Å². The summed E-state index contributed by atoms with van der Waals surface area (Å²) in [7, 11) is 0. The standard InChI is InChI=1S/C10H11ClN2O2/c11-6-9(14)13-8-3-1-2-7-10(8)15-5-4-12-7/h1-3,12H,4-6H2,(H,13,14). The molecule has 2 N–H and O–H groups in total. The Hall–Kier alpha value is -1.42. The molecule has 0 saturated heterocycles. The second-order valence-corrected chi connectivity index (χ2v) is 3.41. The van der Waals surface area contributed by atoms with E-state index in [0.29, 0.717) is 18.0 Å². The maximum Gasteiger partial charge on any atom is 0.239 e. The van der Waals surface area contributed by atoms with E-state index in [9.17, 15) is 4.79 Å². The van der Waals surface area contributed by atoms with Crippen molar-refractivity contribution in [1.82, 2.24) is 0 Å². The lowest BCUT2D eigenvalue weighted by Crippen LogP contribution is -2.20. The Bertz CT molecular complexity index is 382. The van der Waals surface area contributed by atoms with Crippen LogP contribution in [0.3, 0.4) is 0 Å². The summed E-state index contributed by atoms with van der Waals surface area (Å²) in [6, 6.07) is 5.55. The molecule has 0 saturated carbocycles. The van der Waals surface area contributed by atoms with Gasteiger partial charge < -0.3 is 15.4 Å². The maximum absolute atomic E-state index is 11.1. The van der Waals surface area contributed by atoms with E-state index in [0.717, 1.165) is 12.2 Å². The lowest BCUT2D eigenvalue weighted by atomic mass is 10.2. The molecular formula is C10H11ClN2O2. The van der Waals surface area contributed by atoms with Crippen LogP contribution in [-0.4, -0.2) is 24.9 Å². The lowest BCUT2D eigenvalue weighted by Gasteiger charge is -2.21. The van der Waals surface area contributed by atoms with Gasteiger partial charge in [0.05, 0.1) is 11.4 Å². The predicted molar refractivity (Wildman–Crippen MR) is 59.8 cm³/mol. The number of hydrogen-bond donors (Lipinski definition) is 2. The van der Waals surface area contributed by atoms with Crippen LogP contribution in [0.2, 0.25) is 0 Å². The van der Waals surface area contributed by atoms with Crippen molar-refractivity contribution in [2.45, 2.75) is 0 Å². The lowest BCUT2D eigenvalue weighted by molar-refractivity contribution is -0.113. The van der Waals surface area contributed by atoms with Crippen molar-refractivity contribution < 1.29 is 9.53 Å². The van der Waals surface area contributed by atoms with Crippen LogP contribution in [0.5, 0.6) is 5.75 Å². The van der Waals surface area contributed by atoms with Crippen LogP contribution >= 0.6 is 11.6 Å². The number of nitrogens with one attached hydrogen (secondary N) is 2. The second-order valence-electron chi connectivity index (χ2n) is 3.14. The van der Waals surface area contributed by atoms with Crippen LogP contribution in [-0.2, 0) is 4.79 Å². The molecule has 5 heteroatoms. The van der Waals surface area contributed by atoms with Gasteiger partial charge in [-0.1, -0.05) is 6.07 Å². The topological polar surface area (TPSA) is 50.4 Å². The number of anilines is 2. The predicted octanol–water partition coefficient (Wildman–Crippen LogP) is 1.67. The molecule has 0 bridgehead atoms. The molecule has 1 aliphatic heterocycles. The van der Waals surface area contributed by atoms with E-state index in [1.165, 1.54) is 0 Å². The van der Waals surface area contributed by atoms with Crippen molar-refractivity contribution in [3.63, 3.8) is 0 Å². The first-order valence-electron chi connectivity index (χ1n) is 4.67. The molecule has 0 aromatic heterocycles. The number of fused-ring (bicyclic) bond motifs is 1. The second kappa shape index (κ2) is 4.40. The average molecular weight is 227 g/mol. The first-order chi connectivity index (χ1) is 7.31. The molecule has 1 heterocycles. The summed E-state index contributed by atoms with van der Waals surface area (Å²) in [4.78, 5) is 11.1. The maximum atomic E-state index is 11.1. The minimum Gasteiger partial charge on any atom is -0.487 e. The fraction of sp³-hybridized carbons (Fsp3) is 0.300. The van der Waals surface area contributed by atoms with Gasteiger partial charge in [-0.3, -0.25) is 4.79 Å². The smallest absolute Gasteiger partial charge is 0.239 e. The van der Waals surface area contributed by atoms with Gasteiger partial charge in [0.15, 0.2) is 5.75 Å². The Labute approximate surface area is 92.6 Å². The molecule has 0 unspecified atom stereocenters. The zero-order chi connectivity index (χ0) is 10.7. The minimum absolute atomic E-state index is 0.0584. The molecule has 1 amide bonds. The average Bonchev–Trinajstić information content (AvgIpc) is 2.29. The van der Waals surface area contributed by atoms with Crippen LogP contribution in [0.1, 0.15) is 0 Å². The van der Waals surface area contributed by atoms with Gasteiger partial charge in [-0.25, -0.2) is 0 Å². The molecule has 15 heavy (non-hydrogen) atoms. The highest BCUT2D eigenvalue weighted by Gasteiger charge is 2.14. The Morgan fingerprint density at radius 3 is 3.27 bits per heavy atom. The normalized spacial score (nSPS) is 13.4. The van der Waals surface area contributed by atoms with Crippen molar-refractivity contribution >= 4 is 28.9 Å². The van der Waals surface area contributed by atoms with E-state index >= 15 is 0 Å². The highest BCUT2D eigenvalue weighted by molar-refractivity contribution is 6.29. The Morgan fingerprint density at radius 2 is 2.47 bits per heavy atom. The number of carbonyl (C=O) groups excluding carboxylic acids is 1. The Balaban J connectivity index is 2.27. The number of carbonyl (C=O) groups is 1. The minimum atomic E-state index is -0.237. The number of halogens is 1. The van der Waals surface area contributed by atoms with E-state index in [2.05, 4.69) is 10.6 Å². The van der Waals surface area contributed by atoms with Gasteiger partial charge in [-0.05, 0) is 12.1 Å². The van der Waals surface area contributed by atoms with Crippen LogP contribution in [0.15, 0.2) is 18.2 Å². The SMILES string of the molecule is O=C(CCl)Nc1cccc2c1OCCN2. The Morgan fingerprint density at radius 1 is 1.60 bits per heavy atom. The van der Waals surface area contributed by atoms with Gasteiger partial charge in [-0.2, -0.15) is 0 Å². The number of hydrogen-bond acceptors (Lipinski definition) is 3. The van der Waals surface area contributed by atoms with Crippen molar-refractivity contribution in [3.05, 3.63) is 18.2 Å². The first kappa shape index (κ1) is 10.1. The number of para-hydroxylation sites is 1. The number of amides is 1. The summed E-state index contributed by atoms with van der Waals surface area (Å²) in [5.41, 5.74) is 1.55. The molecule has 0 aliphatic carbocycles. The number of rotatable bonds is 2. The van der Waals surface area contributed by atoms with E-state index < -0.39 is 0 Å². The fourth-order valence-electron chi connectivity index (χ4n) is 1.45. The summed E-state index contributed by atoms with van der Waals surface area (Å²) >= 11 is 5.42. The molecule has 1 aliphatic rings. The third kappa shape index (κ3) is 2.15. The van der Waals surface area contributed by atoms with Gasteiger partial charge >= 0.3 is 0 Å². The third-order valence-electron chi connectivity index (χ3n) is 2.07. The first-order valence-corrected chi connectivity index (χ1v) is 5.20. The van der Waals surface area contributed by atoms with E-state index in [1.807, 2.05) is 12.1 Å². The third-order valence-corrected chi connectivity index (χ3v) is 2.32. The summed E-state index contributed by atoms with van der Waals surface area (Å²) < 4.78 is 5.48. The van der Waals surface area contributed by atoms with Gasteiger partial charge in [0.2, 0.25) is 5.91 Å². The number of ether oxygens (including phenoxy) is 1. The van der Waals surface area contributed by atoms with Gasteiger partial charge in [0.1, 0.15) is 12.5 Å². The molecule has 0 spiro atoms. The van der Waals surface area contributed by atoms with E-state index in [1.54, 1.807) is 6.07 Å². The highest BCUT2D eigenvalue weighted by Crippen LogP contribution is 2.34. The highest BCUT2D eigenvalue weighted by atomic mass is 35.5. The molecule has 1 aromatic rings. The summed E-state index contributed by atoms with van der Waals surface area (Å²) in [6.07, 6.45) is 0. The molecule has 2 rings (SSSR count). The largest absolute Gasteiger partial charge is 0.487 e. The van der Waals surface area contributed by atoms with Crippen LogP contribution in [0, 0.1) is 0 Å². The molecule has 0 atom stereocenters. The van der Waals surface area contributed by atoms with Gasteiger partial charge in [0, 0.05) is 6.54 Å². The van der Waals surface area contributed by atoms with Crippen molar-refractivity contribution in [2.75, 3.05) is 29.7 Å². The van der Waals surface area contributed by atoms with Crippen molar-refractivity contribution in [2.24, 2.45) is 0 Å². The fourth-order valence-corrected chi connectivity index (χ4v) is 1.52. The number of alkyl halides is 1. The van der Waals surface area contributed by atoms with Crippen molar-refractivity contribution in [1.29, 1.82) is 0 Å². The molecule has 80 valence electrons.